The summed E-state index contributed by atoms with van der Waals surface area (Å²) in [7, 11) is 0. The van der Waals surface area contributed by atoms with E-state index in [4.69, 9.17) is 5.73 Å². The third-order valence-electron chi connectivity index (χ3n) is 2.61. The minimum Gasteiger partial charge on any atom is -0.375 e. The van der Waals surface area contributed by atoms with E-state index in [9.17, 15) is 14.5 Å². The Kier molecular flexibility index (Phi) is 4.39. The SMILES string of the molecule is CCC(CN)Nc1cc(C)c(F)cc1[N+](=O)[O-]. The monoisotopic (exact) mass is 241 g/mol. The number of nitrogens with two attached hydrogens (primary N) is 1. The Morgan fingerprint density at radius 2 is 2.24 bits per heavy atom. The molecule has 3 N–H and O–H groups in total. The molecule has 0 saturated carbocycles. The predicted octanol–water partition coefficient (Wildman–Crippen LogP) is 2.19. The zero-order chi connectivity index (χ0) is 13.0. The van der Waals surface area contributed by atoms with E-state index in [2.05, 4.69) is 5.32 Å². The molecule has 0 aliphatic rings. The summed E-state index contributed by atoms with van der Waals surface area (Å²) in [6, 6.07) is 2.31. The molecule has 6 heteroatoms. The third kappa shape index (κ3) is 3.13. The molecular formula is C11H16FN3O2. The summed E-state index contributed by atoms with van der Waals surface area (Å²) in [5, 5.41) is 13.8. The smallest absolute Gasteiger partial charge is 0.295 e. The highest BCUT2D eigenvalue weighted by atomic mass is 19.1. The minimum absolute atomic E-state index is 0.0569. The first-order chi connectivity index (χ1) is 7.99. The molecule has 0 amide bonds. The van der Waals surface area contributed by atoms with Gasteiger partial charge in [-0.25, -0.2) is 4.39 Å². The van der Waals surface area contributed by atoms with E-state index in [0.717, 1.165) is 12.5 Å². The van der Waals surface area contributed by atoms with Crippen molar-refractivity contribution in [3.8, 4) is 0 Å². The number of nitro benzene ring substituents is 1. The van der Waals surface area contributed by atoms with Crippen LogP contribution < -0.4 is 11.1 Å². The van der Waals surface area contributed by atoms with Crippen LogP contribution >= 0.6 is 0 Å². The van der Waals surface area contributed by atoms with Gasteiger partial charge in [-0.2, -0.15) is 0 Å². The summed E-state index contributed by atoms with van der Waals surface area (Å²) >= 11 is 0. The van der Waals surface area contributed by atoms with Gasteiger partial charge in [-0.05, 0) is 25.0 Å². The standard InChI is InChI=1S/C11H16FN3O2/c1-3-8(6-13)14-10-4-7(2)9(12)5-11(10)15(16)17/h4-5,8,14H,3,6,13H2,1-2H3. The van der Waals surface area contributed by atoms with Gasteiger partial charge < -0.3 is 11.1 Å². The lowest BCUT2D eigenvalue weighted by Crippen LogP contribution is -2.28. The summed E-state index contributed by atoms with van der Waals surface area (Å²) in [6.07, 6.45) is 0.740. The molecule has 0 saturated heterocycles. The number of hydrogen-bond donors (Lipinski definition) is 2. The largest absolute Gasteiger partial charge is 0.375 e. The van der Waals surface area contributed by atoms with Gasteiger partial charge >= 0.3 is 0 Å². The van der Waals surface area contributed by atoms with Crippen LogP contribution in [0, 0.1) is 22.9 Å². The summed E-state index contributed by atoms with van der Waals surface area (Å²) < 4.78 is 13.3. The average molecular weight is 241 g/mol. The highest BCUT2D eigenvalue weighted by Gasteiger charge is 2.18. The van der Waals surface area contributed by atoms with E-state index in [0.29, 0.717) is 17.8 Å². The summed E-state index contributed by atoms with van der Waals surface area (Å²) in [6.45, 7) is 3.85. The molecule has 5 nitrogen and oxygen atoms in total. The molecule has 0 spiro atoms. The van der Waals surface area contributed by atoms with Gasteiger partial charge in [-0.15, -0.1) is 0 Å². The van der Waals surface area contributed by atoms with Crippen molar-refractivity contribution in [3.05, 3.63) is 33.6 Å². The van der Waals surface area contributed by atoms with E-state index < -0.39 is 10.7 Å². The van der Waals surface area contributed by atoms with Crippen molar-refractivity contribution in [2.75, 3.05) is 11.9 Å². The highest BCUT2D eigenvalue weighted by Crippen LogP contribution is 2.28. The Balaban J connectivity index is 3.12. The molecule has 1 atom stereocenters. The van der Waals surface area contributed by atoms with Crippen molar-refractivity contribution in [2.24, 2.45) is 5.73 Å². The summed E-state index contributed by atoms with van der Waals surface area (Å²) in [5.41, 5.74) is 5.93. The van der Waals surface area contributed by atoms with Gasteiger partial charge in [0.15, 0.2) is 0 Å². The molecule has 0 aliphatic carbocycles. The lowest BCUT2D eigenvalue weighted by atomic mass is 10.1. The van der Waals surface area contributed by atoms with Crippen LogP contribution in [0.4, 0.5) is 15.8 Å². The van der Waals surface area contributed by atoms with Gasteiger partial charge in [-0.1, -0.05) is 6.92 Å². The highest BCUT2D eigenvalue weighted by molar-refractivity contribution is 5.63. The summed E-state index contributed by atoms with van der Waals surface area (Å²) in [5.74, 6) is -0.581. The van der Waals surface area contributed by atoms with Crippen molar-refractivity contribution in [2.45, 2.75) is 26.3 Å². The Morgan fingerprint density at radius 3 is 2.71 bits per heavy atom. The molecule has 0 aliphatic heterocycles. The first-order valence-electron chi connectivity index (χ1n) is 5.40. The fraction of sp³-hybridized carbons (Fsp3) is 0.455. The first kappa shape index (κ1) is 13.4. The molecule has 1 rings (SSSR count). The molecule has 0 aromatic heterocycles. The molecule has 1 unspecified atom stereocenters. The second-order valence-electron chi connectivity index (χ2n) is 3.86. The van der Waals surface area contributed by atoms with Gasteiger partial charge in [0.1, 0.15) is 11.5 Å². The molecule has 0 radical (unpaired) electrons. The van der Waals surface area contributed by atoms with Gasteiger partial charge in [0, 0.05) is 12.6 Å². The minimum atomic E-state index is -0.603. The van der Waals surface area contributed by atoms with Crippen molar-refractivity contribution < 1.29 is 9.31 Å². The van der Waals surface area contributed by atoms with E-state index >= 15 is 0 Å². The normalized spacial score (nSPS) is 12.2. The van der Waals surface area contributed by atoms with E-state index in [1.807, 2.05) is 6.92 Å². The van der Waals surface area contributed by atoms with Crippen LogP contribution in [0.1, 0.15) is 18.9 Å². The maximum absolute atomic E-state index is 13.3. The quantitative estimate of drug-likeness (QED) is 0.611. The number of nitro groups is 1. The van der Waals surface area contributed by atoms with Gasteiger partial charge in [0.05, 0.1) is 11.0 Å². The lowest BCUT2D eigenvalue weighted by Gasteiger charge is -2.16. The number of anilines is 1. The molecule has 0 heterocycles. The number of hydrogen-bond acceptors (Lipinski definition) is 4. The first-order valence-corrected chi connectivity index (χ1v) is 5.40. The third-order valence-corrected chi connectivity index (χ3v) is 2.61. The van der Waals surface area contributed by atoms with Crippen LogP contribution in [0.15, 0.2) is 12.1 Å². The second kappa shape index (κ2) is 5.58. The average Bonchev–Trinajstić information content (AvgIpc) is 2.29. The maximum atomic E-state index is 13.3. The fourth-order valence-electron chi connectivity index (χ4n) is 1.49. The molecule has 0 bridgehead atoms. The molecule has 17 heavy (non-hydrogen) atoms. The molecule has 1 aromatic rings. The fourth-order valence-corrected chi connectivity index (χ4v) is 1.49. The van der Waals surface area contributed by atoms with Gasteiger partial charge in [-0.3, -0.25) is 10.1 Å². The van der Waals surface area contributed by atoms with Crippen LogP contribution in [0.5, 0.6) is 0 Å². The molecule has 94 valence electrons. The molecular weight excluding hydrogens is 225 g/mol. The Labute approximate surface area is 99.0 Å². The number of benzene rings is 1. The summed E-state index contributed by atoms with van der Waals surface area (Å²) in [4.78, 5) is 10.2. The number of rotatable bonds is 5. The number of aryl methyl sites for hydroxylation is 1. The van der Waals surface area contributed by atoms with Crippen LogP contribution in [-0.2, 0) is 0 Å². The molecule has 0 fully saturated rings. The lowest BCUT2D eigenvalue weighted by molar-refractivity contribution is -0.384. The van der Waals surface area contributed by atoms with Crippen molar-refractivity contribution >= 4 is 11.4 Å². The van der Waals surface area contributed by atoms with Crippen molar-refractivity contribution in [1.29, 1.82) is 0 Å². The number of nitrogens with one attached hydrogen (secondary N) is 1. The van der Waals surface area contributed by atoms with Gasteiger partial charge in [0.2, 0.25) is 0 Å². The van der Waals surface area contributed by atoms with Crippen LogP contribution in [0.2, 0.25) is 0 Å². The number of halogens is 1. The van der Waals surface area contributed by atoms with Crippen LogP contribution in [-0.4, -0.2) is 17.5 Å². The van der Waals surface area contributed by atoms with Gasteiger partial charge in [0.25, 0.3) is 5.69 Å². The number of nitrogens with zero attached hydrogens (tertiary/aromatic N) is 1. The zero-order valence-corrected chi connectivity index (χ0v) is 9.87. The second-order valence-corrected chi connectivity index (χ2v) is 3.86. The maximum Gasteiger partial charge on any atom is 0.295 e. The Morgan fingerprint density at radius 1 is 1.59 bits per heavy atom. The van der Waals surface area contributed by atoms with E-state index in [1.165, 1.54) is 6.07 Å². The topological polar surface area (TPSA) is 81.2 Å². The Bertz CT molecular complexity index is 419. The molecule has 1 aromatic carbocycles. The van der Waals surface area contributed by atoms with E-state index in [1.54, 1.807) is 6.92 Å². The van der Waals surface area contributed by atoms with Crippen LogP contribution in [0.3, 0.4) is 0 Å². The predicted molar refractivity (Wildman–Crippen MR) is 64.5 cm³/mol. The van der Waals surface area contributed by atoms with Crippen LogP contribution in [0.25, 0.3) is 0 Å². The Hall–Kier alpha value is -1.69. The van der Waals surface area contributed by atoms with Crippen molar-refractivity contribution in [3.63, 3.8) is 0 Å². The van der Waals surface area contributed by atoms with Crippen molar-refractivity contribution in [1.82, 2.24) is 0 Å². The van der Waals surface area contributed by atoms with E-state index in [-0.39, 0.29) is 11.7 Å². The zero-order valence-electron chi connectivity index (χ0n) is 9.87.